The van der Waals surface area contributed by atoms with Gasteiger partial charge in [-0.1, -0.05) is 11.6 Å². The second-order valence-electron chi connectivity index (χ2n) is 6.91. The van der Waals surface area contributed by atoms with E-state index in [9.17, 15) is 19.2 Å². The number of barbiturate groups is 1. The van der Waals surface area contributed by atoms with Crippen molar-refractivity contribution >= 4 is 41.5 Å². The number of benzene rings is 1. The van der Waals surface area contributed by atoms with E-state index in [1.165, 1.54) is 32.3 Å². The number of hydrogen-bond donors (Lipinski definition) is 0. The van der Waals surface area contributed by atoms with Crippen molar-refractivity contribution in [2.75, 3.05) is 14.1 Å². The molecule has 0 aliphatic carbocycles. The van der Waals surface area contributed by atoms with Crippen molar-refractivity contribution in [2.24, 2.45) is 0 Å². The molecule has 0 atom stereocenters. The second kappa shape index (κ2) is 8.16. The maximum Gasteiger partial charge on any atom is 0.339 e. The molecule has 4 amide bonds. The van der Waals surface area contributed by atoms with Crippen molar-refractivity contribution < 1.29 is 28.3 Å². The van der Waals surface area contributed by atoms with E-state index < -0.39 is 23.8 Å². The fourth-order valence-electron chi connectivity index (χ4n) is 2.87. The van der Waals surface area contributed by atoms with Gasteiger partial charge in [0.25, 0.3) is 11.8 Å². The number of rotatable bonds is 4. The highest BCUT2D eigenvalue weighted by molar-refractivity contribution is 6.31. The van der Waals surface area contributed by atoms with Gasteiger partial charge in [-0.2, -0.15) is 0 Å². The molecular weight excluding hydrogens is 412 g/mol. The molecule has 8 nitrogen and oxygen atoms in total. The monoisotopic (exact) mass is 430 g/mol. The first kappa shape index (κ1) is 21.3. The van der Waals surface area contributed by atoms with E-state index in [0.717, 1.165) is 9.80 Å². The number of carbonyl (C=O) groups is 4. The first-order chi connectivity index (χ1) is 14.1. The van der Waals surface area contributed by atoms with Gasteiger partial charge in [0.1, 0.15) is 17.1 Å². The van der Waals surface area contributed by atoms with Crippen LogP contribution in [-0.4, -0.2) is 53.8 Å². The Morgan fingerprint density at radius 1 is 1.07 bits per heavy atom. The number of urea groups is 1. The van der Waals surface area contributed by atoms with Crippen LogP contribution in [0.25, 0.3) is 17.4 Å². The minimum Gasteiger partial charge on any atom is -0.459 e. The third-order valence-electron chi connectivity index (χ3n) is 4.37. The minimum absolute atomic E-state index is 0.195. The van der Waals surface area contributed by atoms with E-state index in [0.29, 0.717) is 16.3 Å². The highest BCUT2D eigenvalue weighted by Gasteiger charge is 2.38. The largest absolute Gasteiger partial charge is 0.459 e. The Balaban J connectivity index is 2.00. The topological polar surface area (TPSA) is 97.1 Å². The van der Waals surface area contributed by atoms with E-state index in [-0.39, 0.29) is 23.0 Å². The number of nitrogens with zero attached hydrogens (tertiary/aromatic N) is 2. The third kappa shape index (κ3) is 3.99. The van der Waals surface area contributed by atoms with Gasteiger partial charge in [-0.05, 0) is 50.3 Å². The van der Waals surface area contributed by atoms with E-state index in [1.54, 1.807) is 32.0 Å². The van der Waals surface area contributed by atoms with Gasteiger partial charge in [-0.15, -0.1) is 0 Å². The van der Waals surface area contributed by atoms with Crippen LogP contribution in [0.1, 0.15) is 30.0 Å². The molecule has 2 aromatic rings. The number of ether oxygens (including phenoxy) is 1. The van der Waals surface area contributed by atoms with Crippen molar-refractivity contribution in [1.82, 2.24) is 9.80 Å². The normalized spacial score (nSPS) is 14.6. The van der Waals surface area contributed by atoms with Crippen LogP contribution < -0.4 is 0 Å². The maximum absolute atomic E-state index is 12.4. The number of halogens is 1. The zero-order valence-electron chi connectivity index (χ0n) is 16.8. The summed E-state index contributed by atoms with van der Waals surface area (Å²) >= 11 is 6.09. The number of furan rings is 1. The van der Waals surface area contributed by atoms with Gasteiger partial charge in [-0.3, -0.25) is 19.4 Å². The molecule has 0 N–H and O–H groups in total. The molecule has 2 heterocycles. The molecule has 0 bridgehead atoms. The third-order valence-corrected chi connectivity index (χ3v) is 4.60. The van der Waals surface area contributed by atoms with Crippen LogP contribution in [0, 0.1) is 0 Å². The lowest BCUT2D eigenvalue weighted by Gasteiger charge is -2.28. The smallest absolute Gasteiger partial charge is 0.339 e. The molecule has 0 radical (unpaired) electrons. The van der Waals surface area contributed by atoms with Crippen LogP contribution in [0.4, 0.5) is 4.79 Å². The molecule has 1 fully saturated rings. The van der Waals surface area contributed by atoms with Crippen LogP contribution in [0.3, 0.4) is 0 Å². The molecule has 0 spiro atoms. The average Bonchev–Trinajstić information content (AvgIpc) is 3.16. The molecule has 30 heavy (non-hydrogen) atoms. The van der Waals surface area contributed by atoms with Gasteiger partial charge in [0.15, 0.2) is 0 Å². The predicted octanol–water partition coefficient (Wildman–Crippen LogP) is 3.60. The highest BCUT2D eigenvalue weighted by atomic mass is 35.5. The highest BCUT2D eigenvalue weighted by Crippen LogP contribution is 2.30. The van der Waals surface area contributed by atoms with Crippen molar-refractivity contribution in [3.63, 3.8) is 0 Å². The summed E-state index contributed by atoms with van der Waals surface area (Å²) in [7, 11) is 2.57. The Labute approximate surface area is 177 Å². The Morgan fingerprint density at radius 3 is 2.30 bits per heavy atom. The molecule has 1 aliphatic heterocycles. The summed E-state index contributed by atoms with van der Waals surface area (Å²) in [5.41, 5.74) is 0.450. The van der Waals surface area contributed by atoms with Crippen LogP contribution in [0.2, 0.25) is 5.02 Å². The van der Waals surface area contributed by atoms with E-state index in [4.69, 9.17) is 20.8 Å². The molecule has 156 valence electrons. The van der Waals surface area contributed by atoms with Gasteiger partial charge in [-0.25, -0.2) is 9.59 Å². The molecule has 1 aromatic carbocycles. The number of esters is 1. The van der Waals surface area contributed by atoms with Crippen LogP contribution in [0.15, 0.2) is 40.3 Å². The lowest BCUT2D eigenvalue weighted by atomic mass is 10.1. The molecule has 0 unspecified atom stereocenters. The molecule has 1 aliphatic rings. The number of imide groups is 2. The first-order valence-corrected chi connectivity index (χ1v) is 9.40. The Hall–Kier alpha value is -3.39. The molecular formula is C21H19ClN2O6. The summed E-state index contributed by atoms with van der Waals surface area (Å²) in [6, 6.07) is 7.07. The van der Waals surface area contributed by atoms with Gasteiger partial charge < -0.3 is 9.15 Å². The summed E-state index contributed by atoms with van der Waals surface area (Å²) in [5.74, 6) is -1.50. The molecule has 3 rings (SSSR count). The summed E-state index contributed by atoms with van der Waals surface area (Å²) in [6.45, 7) is 3.48. The standard InChI is InChI=1S/C21H19ClN2O6/c1-11(2)29-20(27)14-7-5-12(22)9-15(14)17-8-6-13(30-17)10-16-18(25)23(3)21(28)24(4)19(16)26/h5-11H,1-4H3. The number of likely N-dealkylation sites (N-methyl/N-ethyl adjacent to an activating group) is 2. The number of carbonyl (C=O) groups excluding carboxylic acids is 4. The van der Waals surface area contributed by atoms with Crippen LogP contribution in [0.5, 0.6) is 0 Å². The van der Waals surface area contributed by atoms with Gasteiger partial charge >= 0.3 is 12.0 Å². The Kier molecular flexibility index (Phi) is 5.80. The summed E-state index contributed by atoms with van der Waals surface area (Å²) in [5, 5.41) is 0.391. The zero-order chi connectivity index (χ0) is 22.2. The fourth-order valence-corrected chi connectivity index (χ4v) is 3.04. The SMILES string of the molecule is CC(C)OC(=O)c1ccc(Cl)cc1-c1ccc(C=C2C(=O)N(C)C(=O)N(C)C2=O)o1. The minimum atomic E-state index is -0.731. The summed E-state index contributed by atoms with van der Waals surface area (Å²) in [6.07, 6.45) is 0.947. The lowest BCUT2D eigenvalue weighted by molar-refractivity contribution is -0.134. The molecule has 1 aromatic heterocycles. The summed E-state index contributed by atoms with van der Waals surface area (Å²) in [4.78, 5) is 50.6. The van der Waals surface area contributed by atoms with Crippen LogP contribution in [-0.2, 0) is 14.3 Å². The van der Waals surface area contributed by atoms with Gasteiger partial charge in [0, 0.05) is 24.7 Å². The van der Waals surface area contributed by atoms with Crippen molar-refractivity contribution in [3.05, 3.63) is 52.3 Å². The van der Waals surface area contributed by atoms with E-state index in [2.05, 4.69) is 0 Å². The van der Waals surface area contributed by atoms with Crippen molar-refractivity contribution in [3.8, 4) is 11.3 Å². The zero-order valence-corrected chi connectivity index (χ0v) is 17.5. The van der Waals surface area contributed by atoms with E-state index in [1.807, 2.05) is 0 Å². The number of hydrogen-bond acceptors (Lipinski definition) is 6. The average molecular weight is 431 g/mol. The fraction of sp³-hybridized carbons (Fsp3) is 0.238. The predicted molar refractivity (Wildman–Crippen MR) is 109 cm³/mol. The number of amides is 4. The molecule has 1 saturated heterocycles. The summed E-state index contributed by atoms with van der Waals surface area (Å²) < 4.78 is 11.0. The lowest BCUT2D eigenvalue weighted by Crippen LogP contribution is -2.52. The van der Waals surface area contributed by atoms with Crippen molar-refractivity contribution in [1.29, 1.82) is 0 Å². The Bertz CT molecular complexity index is 1060. The van der Waals surface area contributed by atoms with Crippen molar-refractivity contribution in [2.45, 2.75) is 20.0 Å². The molecule has 9 heteroatoms. The Morgan fingerprint density at radius 2 is 1.70 bits per heavy atom. The quantitative estimate of drug-likeness (QED) is 0.417. The van der Waals surface area contributed by atoms with Gasteiger partial charge in [0.2, 0.25) is 0 Å². The van der Waals surface area contributed by atoms with E-state index >= 15 is 0 Å². The maximum atomic E-state index is 12.4. The van der Waals surface area contributed by atoms with Gasteiger partial charge in [0.05, 0.1) is 11.7 Å². The first-order valence-electron chi connectivity index (χ1n) is 9.02. The molecule has 0 saturated carbocycles. The van der Waals surface area contributed by atoms with Crippen LogP contribution >= 0.6 is 11.6 Å². The second-order valence-corrected chi connectivity index (χ2v) is 7.35.